The van der Waals surface area contributed by atoms with Gasteiger partial charge in [0.1, 0.15) is 51.0 Å². The third kappa shape index (κ3) is 14.2. The van der Waals surface area contributed by atoms with Crippen LogP contribution < -0.4 is 23.8 Å². The van der Waals surface area contributed by atoms with Crippen LogP contribution in [-0.4, -0.2) is 85.1 Å². The molecule has 0 aliphatic heterocycles. The molecule has 0 fully saturated rings. The van der Waals surface area contributed by atoms with Crippen molar-refractivity contribution in [2.75, 3.05) is 59.4 Å². The van der Waals surface area contributed by atoms with Crippen LogP contribution in [0.15, 0.2) is 121 Å². The van der Waals surface area contributed by atoms with Crippen LogP contribution in [0.3, 0.4) is 0 Å². The number of anilines is 1. The molecule has 57 heavy (non-hydrogen) atoms. The Kier molecular flexibility index (Phi) is 16.2. The number of hydrogen-bond acceptors (Lipinski definition) is 9. The van der Waals surface area contributed by atoms with Gasteiger partial charge >= 0.3 is 21.9 Å². The highest BCUT2D eigenvalue weighted by Gasteiger charge is 2.45. The number of nitrogens with zero attached hydrogens (tertiary/aromatic N) is 2. The third-order valence-corrected chi connectivity index (χ3v) is 9.56. The topological polar surface area (TPSA) is 101 Å². The van der Waals surface area contributed by atoms with Crippen molar-refractivity contribution in [3.05, 3.63) is 138 Å². The van der Waals surface area contributed by atoms with Gasteiger partial charge in [-0.15, -0.1) is 22.4 Å². The minimum atomic E-state index is -5.47. The van der Waals surface area contributed by atoms with Crippen LogP contribution in [0.1, 0.15) is 16.7 Å². The van der Waals surface area contributed by atoms with Crippen molar-refractivity contribution >= 4 is 44.8 Å². The lowest BCUT2D eigenvalue weighted by Gasteiger charge is -2.15. The van der Waals surface area contributed by atoms with Gasteiger partial charge < -0.3 is 14.4 Å². The first-order valence-electron chi connectivity index (χ1n) is 17.1. The van der Waals surface area contributed by atoms with Gasteiger partial charge in [-0.2, -0.15) is 13.2 Å². The fraction of sp³-hybridized carbons (Fsp3) is 0.256. The van der Waals surface area contributed by atoms with Crippen molar-refractivity contribution < 1.29 is 58.0 Å². The highest BCUT2D eigenvalue weighted by Crippen LogP contribution is 2.30. The average molecular weight is 840 g/mol. The summed E-state index contributed by atoms with van der Waals surface area (Å²) in [6, 6.07) is 22.3. The summed E-state index contributed by atoms with van der Waals surface area (Å²) in [5.41, 5.74) is 1.91. The summed E-state index contributed by atoms with van der Waals surface area (Å²) in [6.45, 7) is -0.569. The number of alkyl halides is 6. The molecule has 3 aromatic carbocycles. The molecule has 0 saturated carbocycles. The van der Waals surface area contributed by atoms with E-state index in [9.17, 15) is 34.8 Å². The second-order valence-corrected chi connectivity index (χ2v) is 14.7. The molecule has 0 aromatic heterocycles. The van der Waals surface area contributed by atoms with Crippen LogP contribution >= 0.6 is 12.2 Å². The molecule has 10 nitrogen and oxygen atoms in total. The predicted octanol–water partition coefficient (Wildman–Crippen LogP) is 7.85. The van der Waals surface area contributed by atoms with Crippen molar-refractivity contribution in [2.24, 2.45) is 0 Å². The van der Waals surface area contributed by atoms with Crippen molar-refractivity contribution in [3.63, 3.8) is 0 Å². The SMILES string of the molecule is CN(C)c1ccc(/C(=C\C=C\C(=C2C=CC(=[N+](C)C)C=C2)c2ccc(OCCNS(=O)(=O)C(F)(F)F)cc2)c2ccc(OCCNSOOC(F)(F)F)cc2)cc1. The zero-order valence-electron chi connectivity index (χ0n) is 31.2. The molecule has 2 N–H and O–H groups in total. The zero-order chi connectivity index (χ0) is 41.6. The van der Waals surface area contributed by atoms with Crippen LogP contribution in [-0.2, 0) is 19.2 Å². The number of rotatable bonds is 18. The summed E-state index contributed by atoms with van der Waals surface area (Å²) in [5.74, 6) is 0.884. The third-order valence-electron chi connectivity index (χ3n) is 7.91. The largest absolute Gasteiger partial charge is 0.550 e. The Morgan fingerprint density at radius 3 is 1.81 bits per heavy atom. The van der Waals surface area contributed by atoms with E-state index in [0.717, 1.165) is 44.8 Å². The number of allylic oxidation sites excluding steroid dienone is 9. The van der Waals surface area contributed by atoms with Gasteiger partial charge in [-0.1, -0.05) is 54.6 Å². The highest BCUT2D eigenvalue weighted by atomic mass is 32.2. The summed E-state index contributed by atoms with van der Waals surface area (Å²) in [6.07, 6.45) is 8.94. The molecule has 3 aromatic rings. The van der Waals surface area contributed by atoms with E-state index in [4.69, 9.17) is 9.47 Å². The molecule has 1 aliphatic carbocycles. The van der Waals surface area contributed by atoms with E-state index in [1.807, 2.05) is 117 Å². The van der Waals surface area contributed by atoms with Crippen molar-refractivity contribution in [2.45, 2.75) is 11.9 Å². The highest BCUT2D eigenvalue weighted by molar-refractivity contribution is 7.92. The van der Waals surface area contributed by atoms with Crippen LogP contribution in [0.4, 0.5) is 32.0 Å². The molecule has 0 radical (unpaired) electrons. The summed E-state index contributed by atoms with van der Waals surface area (Å²) >= 11 is 0.289. The number of ether oxygens (including phenoxy) is 2. The Morgan fingerprint density at radius 1 is 0.772 bits per heavy atom. The summed E-state index contributed by atoms with van der Waals surface area (Å²) in [4.78, 5) is 5.21. The van der Waals surface area contributed by atoms with Crippen LogP contribution in [0.2, 0.25) is 0 Å². The van der Waals surface area contributed by atoms with Gasteiger partial charge in [0.2, 0.25) is 0 Å². The minimum Gasteiger partial charge on any atom is -0.492 e. The van der Waals surface area contributed by atoms with E-state index in [1.165, 1.54) is 4.72 Å². The van der Waals surface area contributed by atoms with E-state index in [2.05, 4.69) is 13.9 Å². The molecule has 0 heterocycles. The quantitative estimate of drug-likeness (QED) is 0.0194. The number of hydrogen-bond donors (Lipinski definition) is 2. The lowest BCUT2D eigenvalue weighted by atomic mass is 9.94. The predicted molar refractivity (Wildman–Crippen MR) is 210 cm³/mol. The molecular weight excluding hydrogens is 799 g/mol. The Labute approximate surface area is 331 Å². The van der Waals surface area contributed by atoms with Gasteiger partial charge in [0.15, 0.2) is 5.71 Å². The van der Waals surface area contributed by atoms with E-state index in [1.54, 1.807) is 36.4 Å². The standard InChI is InChI=1S/C39H41F6N4O6S2/c1-48(2)32-16-8-28(9-17-32)36(30-12-20-34(21-13-30)52-26-24-46-56-55-54-38(40,41)42)6-5-7-37(29-10-18-33(19-11-29)49(3)4)31-14-22-35(23-15-31)53-27-25-47-57(50,51)39(43,44)45/h5-23,46-47H,24-27H2,1-4H3/q+1. The summed E-state index contributed by atoms with van der Waals surface area (Å²) in [5, 5.41) is 0. The van der Waals surface area contributed by atoms with E-state index >= 15 is 0 Å². The molecule has 1 aliphatic rings. The molecule has 306 valence electrons. The Morgan fingerprint density at radius 2 is 1.30 bits per heavy atom. The fourth-order valence-corrected chi connectivity index (χ4v) is 5.90. The Balaban J connectivity index is 1.57. The first-order valence-corrected chi connectivity index (χ1v) is 19.3. The fourth-order valence-electron chi connectivity index (χ4n) is 5.06. The monoisotopic (exact) mass is 839 g/mol. The number of halogens is 6. The van der Waals surface area contributed by atoms with Crippen LogP contribution in [0.5, 0.6) is 11.5 Å². The first kappa shape index (κ1) is 44.9. The van der Waals surface area contributed by atoms with Gasteiger partial charge in [-0.3, -0.25) is 0 Å². The molecule has 0 atom stereocenters. The van der Waals surface area contributed by atoms with Crippen LogP contribution in [0.25, 0.3) is 11.1 Å². The first-order chi connectivity index (χ1) is 26.9. The number of benzene rings is 3. The van der Waals surface area contributed by atoms with E-state index in [-0.39, 0.29) is 32.0 Å². The zero-order valence-corrected chi connectivity index (χ0v) is 32.9. The maximum absolute atomic E-state index is 12.6. The second kappa shape index (κ2) is 20.5. The van der Waals surface area contributed by atoms with E-state index < -0.39 is 28.4 Å². The minimum absolute atomic E-state index is 0.143. The Bertz CT molecular complexity index is 2070. The number of nitrogens with one attached hydrogen (secondary N) is 2. The second-order valence-electron chi connectivity index (χ2n) is 12.4. The molecule has 0 bridgehead atoms. The molecule has 0 saturated heterocycles. The normalized spacial score (nSPS) is 13.7. The molecule has 18 heteroatoms. The van der Waals surface area contributed by atoms with Crippen LogP contribution in [0, 0.1) is 0 Å². The maximum atomic E-state index is 12.6. The van der Waals surface area contributed by atoms with Crippen molar-refractivity contribution in [1.82, 2.24) is 9.44 Å². The van der Waals surface area contributed by atoms with E-state index in [0.29, 0.717) is 11.5 Å². The summed E-state index contributed by atoms with van der Waals surface area (Å²) in [7, 11) is 2.32. The lowest BCUT2D eigenvalue weighted by Crippen LogP contribution is -2.38. The van der Waals surface area contributed by atoms with Gasteiger partial charge in [-0.25, -0.2) is 22.4 Å². The molecular formula is C39H41F6N4O6S2+. The maximum Gasteiger partial charge on any atom is 0.550 e. The smallest absolute Gasteiger partial charge is 0.492 e. The van der Waals surface area contributed by atoms with Gasteiger partial charge in [-0.05, 0) is 82.0 Å². The summed E-state index contributed by atoms with van der Waals surface area (Å²) < 4.78 is 118. The average Bonchev–Trinajstić information content (AvgIpc) is 3.16. The molecule has 0 spiro atoms. The van der Waals surface area contributed by atoms with Gasteiger partial charge in [0.05, 0.1) is 0 Å². The van der Waals surface area contributed by atoms with Gasteiger partial charge in [0.25, 0.3) is 0 Å². The molecule has 0 amide bonds. The van der Waals surface area contributed by atoms with Gasteiger partial charge in [0, 0.05) is 45.0 Å². The lowest BCUT2D eigenvalue weighted by molar-refractivity contribution is -0.462. The Hall–Kier alpha value is -4.85. The van der Waals surface area contributed by atoms with Crippen molar-refractivity contribution in [3.8, 4) is 11.5 Å². The molecule has 4 rings (SSSR count). The van der Waals surface area contributed by atoms with Crippen molar-refractivity contribution in [1.29, 1.82) is 0 Å². The number of sulfonamides is 1. The molecule has 0 unspecified atom stereocenters.